The van der Waals surface area contributed by atoms with Gasteiger partial charge in [0, 0.05) is 15.9 Å². The van der Waals surface area contributed by atoms with Gasteiger partial charge in [-0.2, -0.15) is 0 Å². The molecule has 18 heavy (non-hydrogen) atoms. The molecular formula is C13H21F3Si2. The van der Waals surface area contributed by atoms with Crippen LogP contribution in [0, 0.1) is 24.4 Å². The first-order valence-corrected chi connectivity index (χ1v) is 13.1. The number of hydrogen-bond acceptors (Lipinski definition) is 0. The molecule has 0 aromatic heterocycles. The molecule has 0 saturated carbocycles. The summed E-state index contributed by atoms with van der Waals surface area (Å²) in [5.41, 5.74) is -0.0359. The lowest BCUT2D eigenvalue weighted by molar-refractivity contribution is 0.550. The van der Waals surface area contributed by atoms with Crippen LogP contribution in [0.3, 0.4) is 0 Å². The second-order valence-electron chi connectivity index (χ2n) is 6.82. The number of halogens is 3. The molecule has 0 nitrogen and oxygen atoms in total. The smallest absolute Gasteiger partial charge is 0.131 e. The molecule has 0 heterocycles. The molecule has 102 valence electrons. The molecule has 0 aliphatic rings. The Bertz CT molecular complexity index is 441. The second-order valence-corrected chi connectivity index (χ2v) is 16.8. The van der Waals surface area contributed by atoms with Gasteiger partial charge in [0.05, 0.1) is 16.1 Å². The van der Waals surface area contributed by atoms with E-state index < -0.39 is 33.6 Å². The van der Waals surface area contributed by atoms with Gasteiger partial charge in [0.15, 0.2) is 0 Å². The lowest BCUT2D eigenvalue weighted by Crippen LogP contribution is -2.52. The minimum Gasteiger partial charge on any atom is -0.207 e. The van der Waals surface area contributed by atoms with E-state index in [0.29, 0.717) is 0 Å². The molecule has 0 amide bonds. The Labute approximate surface area is 109 Å². The summed E-state index contributed by atoms with van der Waals surface area (Å²) >= 11 is 0. The number of rotatable bonds is 2. The van der Waals surface area contributed by atoms with Gasteiger partial charge in [-0.1, -0.05) is 39.3 Å². The minimum absolute atomic E-state index is 0.0359. The van der Waals surface area contributed by atoms with E-state index in [1.807, 2.05) is 39.3 Å². The van der Waals surface area contributed by atoms with Crippen molar-refractivity contribution in [1.82, 2.24) is 0 Å². The van der Waals surface area contributed by atoms with E-state index in [-0.39, 0.29) is 15.9 Å². The number of benzene rings is 1. The Hall–Kier alpha value is -0.556. The summed E-state index contributed by atoms with van der Waals surface area (Å²) in [5, 5.41) is 0.276. The summed E-state index contributed by atoms with van der Waals surface area (Å²) < 4.78 is 42.9. The van der Waals surface area contributed by atoms with E-state index in [2.05, 4.69) is 0 Å². The van der Waals surface area contributed by atoms with E-state index in [0.717, 1.165) is 0 Å². The average molecular weight is 290 g/mol. The van der Waals surface area contributed by atoms with Crippen LogP contribution >= 0.6 is 0 Å². The molecule has 0 bridgehead atoms. The lowest BCUT2D eigenvalue weighted by Gasteiger charge is -2.26. The maximum absolute atomic E-state index is 14.6. The zero-order valence-electron chi connectivity index (χ0n) is 12.1. The quantitative estimate of drug-likeness (QED) is 0.731. The van der Waals surface area contributed by atoms with Crippen LogP contribution in [0.4, 0.5) is 13.2 Å². The Morgan fingerprint density at radius 2 is 0.889 bits per heavy atom. The minimum atomic E-state index is -2.18. The van der Waals surface area contributed by atoms with Gasteiger partial charge in [-0.05, 0) is 6.92 Å². The first-order valence-electron chi connectivity index (χ1n) is 6.07. The first kappa shape index (κ1) is 15.5. The fraction of sp³-hybridized carbons (Fsp3) is 0.538. The predicted molar refractivity (Wildman–Crippen MR) is 77.0 cm³/mol. The average Bonchev–Trinajstić information content (AvgIpc) is 2.09. The van der Waals surface area contributed by atoms with Gasteiger partial charge in [0.25, 0.3) is 0 Å². The van der Waals surface area contributed by atoms with Crippen molar-refractivity contribution in [2.45, 2.75) is 46.2 Å². The van der Waals surface area contributed by atoms with E-state index in [4.69, 9.17) is 0 Å². The highest BCUT2D eigenvalue weighted by Gasteiger charge is 2.35. The van der Waals surface area contributed by atoms with Crippen LogP contribution in [0.2, 0.25) is 39.3 Å². The molecule has 0 N–H and O–H groups in total. The number of hydrogen-bond donors (Lipinski definition) is 0. The summed E-state index contributed by atoms with van der Waals surface area (Å²) in [4.78, 5) is 0. The summed E-state index contributed by atoms with van der Waals surface area (Å²) in [5.74, 6) is -2.01. The van der Waals surface area contributed by atoms with Gasteiger partial charge in [-0.15, -0.1) is 0 Å². The fourth-order valence-electron chi connectivity index (χ4n) is 2.11. The van der Waals surface area contributed by atoms with Crippen molar-refractivity contribution < 1.29 is 13.2 Å². The van der Waals surface area contributed by atoms with Crippen LogP contribution in [0.15, 0.2) is 0 Å². The molecule has 5 heteroatoms. The van der Waals surface area contributed by atoms with Crippen molar-refractivity contribution in [2.75, 3.05) is 0 Å². The van der Waals surface area contributed by atoms with Gasteiger partial charge in [-0.25, -0.2) is 13.2 Å². The first-order chi connectivity index (χ1) is 7.89. The van der Waals surface area contributed by atoms with Crippen molar-refractivity contribution in [1.29, 1.82) is 0 Å². The molecule has 1 aromatic carbocycles. The Morgan fingerprint density at radius 1 is 0.611 bits per heavy atom. The van der Waals surface area contributed by atoms with E-state index in [9.17, 15) is 13.2 Å². The van der Waals surface area contributed by atoms with Crippen molar-refractivity contribution in [3.63, 3.8) is 0 Å². The third kappa shape index (κ3) is 2.56. The van der Waals surface area contributed by atoms with E-state index >= 15 is 0 Å². The molecule has 0 atom stereocenters. The van der Waals surface area contributed by atoms with Crippen LogP contribution in [-0.2, 0) is 0 Å². The van der Waals surface area contributed by atoms with Crippen molar-refractivity contribution in [3.8, 4) is 0 Å². The standard InChI is InChI=1S/C13H21F3Si2/c1-8-9(14)12(17(2,3)4)11(16)13(10(8)15)18(5,6)7/h1-7H3. The van der Waals surface area contributed by atoms with Crippen molar-refractivity contribution in [3.05, 3.63) is 23.0 Å². The molecule has 0 fully saturated rings. The Balaban J connectivity index is 3.83. The maximum Gasteiger partial charge on any atom is 0.131 e. The van der Waals surface area contributed by atoms with Crippen LogP contribution in [-0.4, -0.2) is 16.1 Å². The summed E-state index contributed by atoms with van der Waals surface area (Å²) in [6, 6.07) is 0. The molecule has 0 spiro atoms. The van der Waals surface area contributed by atoms with Crippen molar-refractivity contribution >= 4 is 26.5 Å². The zero-order chi connectivity index (χ0) is 14.5. The van der Waals surface area contributed by atoms with Crippen LogP contribution in [0.1, 0.15) is 5.56 Å². The highest BCUT2D eigenvalue weighted by molar-refractivity contribution is 6.91. The van der Waals surface area contributed by atoms with Gasteiger partial charge in [-0.3, -0.25) is 0 Å². The molecule has 0 aliphatic carbocycles. The van der Waals surface area contributed by atoms with E-state index in [1.165, 1.54) is 6.92 Å². The molecule has 1 aromatic rings. The van der Waals surface area contributed by atoms with Gasteiger partial charge in [0.1, 0.15) is 17.5 Å². The normalized spacial score (nSPS) is 13.0. The Morgan fingerprint density at radius 3 is 1.11 bits per heavy atom. The van der Waals surface area contributed by atoms with Gasteiger partial charge in [0.2, 0.25) is 0 Å². The predicted octanol–water partition coefficient (Wildman–Crippen LogP) is 3.50. The lowest BCUT2D eigenvalue weighted by atomic mass is 10.2. The monoisotopic (exact) mass is 290 g/mol. The van der Waals surface area contributed by atoms with Crippen LogP contribution < -0.4 is 10.4 Å². The fourth-order valence-corrected chi connectivity index (χ4v) is 5.49. The van der Waals surface area contributed by atoms with Crippen molar-refractivity contribution in [2.24, 2.45) is 0 Å². The topological polar surface area (TPSA) is 0 Å². The third-order valence-corrected chi connectivity index (χ3v) is 6.91. The molecular weight excluding hydrogens is 269 g/mol. The summed E-state index contributed by atoms with van der Waals surface area (Å²) in [6.07, 6.45) is 0. The molecule has 0 aliphatic heterocycles. The third-order valence-electron chi connectivity index (χ3n) is 3.04. The SMILES string of the molecule is Cc1c(F)c([Si](C)(C)C)c(F)c([Si](C)(C)C)c1F. The highest BCUT2D eigenvalue weighted by atomic mass is 28.3. The van der Waals surface area contributed by atoms with Gasteiger partial charge < -0.3 is 0 Å². The maximum atomic E-state index is 14.6. The van der Waals surface area contributed by atoms with E-state index in [1.54, 1.807) is 0 Å². The van der Waals surface area contributed by atoms with Gasteiger partial charge >= 0.3 is 0 Å². The highest BCUT2D eigenvalue weighted by Crippen LogP contribution is 2.18. The molecule has 1 rings (SSSR count). The second kappa shape index (κ2) is 4.52. The van der Waals surface area contributed by atoms with Crippen LogP contribution in [0.25, 0.3) is 0 Å². The molecule has 0 radical (unpaired) electrons. The van der Waals surface area contributed by atoms with Crippen LogP contribution in [0.5, 0.6) is 0 Å². The molecule has 0 unspecified atom stereocenters. The largest absolute Gasteiger partial charge is 0.207 e. The molecule has 0 saturated heterocycles. The summed E-state index contributed by atoms with van der Waals surface area (Å²) in [6.45, 7) is 12.6. The Kier molecular flexibility index (Phi) is 3.90. The summed E-state index contributed by atoms with van der Waals surface area (Å²) in [7, 11) is -4.36. The zero-order valence-corrected chi connectivity index (χ0v) is 14.1.